The van der Waals surface area contributed by atoms with Crippen LogP contribution in [0.3, 0.4) is 0 Å². The molecule has 1 atom stereocenters. The maximum atomic E-state index is 12.7. The Hall–Kier alpha value is -2.30. The number of carbonyl (C=O) groups excluding carboxylic acids is 1. The van der Waals surface area contributed by atoms with Crippen LogP contribution in [0.25, 0.3) is 0 Å². The second-order valence-corrected chi connectivity index (χ2v) is 6.52. The lowest BCUT2D eigenvalue weighted by molar-refractivity contribution is -0.131. The number of aryl methyl sites for hydroxylation is 2. The number of rotatable bonds is 5. The van der Waals surface area contributed by atoms with Crippen molar-refractivity contribution in [2.45, 2.75) is 45.7 Å². The van der Waals surface area contributed by atoms with Crippen LogP contribution in [0.1, 0.15) is 29.8 Å². The number of likely N-dealkylation sites (tertiary alicyclic amines) is 1. The summed E-state index contributed by atoms with van der Waals surface area (Å²) in [4.78, 5) is 14.8. The number of amides is 1. The first kappa shape index (κ1) is 16.6. The molecule has 1 unspecified atom stereocenters. The third-order valence-corrected chi connectivity index (χ3v) is 4.70. The molecule has 1 aliphatic rings. The maximum absolute atomic E-state index is 12.7. The summed E-state index contributed by atoms with van der Waals surface area (Å²) in [6.07, 6.45) is 2.56. The molecule has 1 fully saturated rings. The smallest absolute Gasteiger partial charge is 0.227 e. The lowest BCUT2D eigenvalue weighted by Gasteiger charge is -2.25. The summed E-state index contributed by atoms with van der Waals surface area (Å²) in [5.41, 5.74) is 3.21. The van der Waals surface area contributed by atoms with Crippen molar-refractivity contribution < 1.29 is 9.53 Å². The predicted octanol–water partition coefficient (Wildman–Crippen LogP) is 2.74. The highest BCUT2D eigenvalue weighted by Crippen LogP contribution is 2.21. The van der Waals surface area contributed by atoms with Crippen LogP contribution in [-0.4, -0.2) is 40.3 Å². The second-order valence-electron chi connectivity index (χ2n) is 6.52. The molecule has 128 valence electrons. The van der Waals surface area contributed by atoms with Crippen LogP contribution in [-0.2, 0) is 17.8 Å². The number of benzene rings is 1. The Kier molecular flexibility index (Phi) is 4.88. The lowest BCUT2D eigenvalue weighted by atomic mass is 10.1. The third kappa shape index (κ3) is 3.61. The van der Waals surface area contributed by atoms with Gasteiger partial charge in [-0.05, 0) is 50.5 Å². The topological polar surface area (TPSA) is 47.4 Å². The van der Waals surface area contributed by atoms with Crippen LogP contribution in [0.5, 0.6) is 5.75 Å². The molecular formula is C19H25N3O2. The Morgan fingerprint density at radius 3 is 2.67 bits per heavy atom. The summed E-state index contributed by atoms with van der Waals surface area (Å²) in [6, 6.07) is 10.1. The first-order valence-electron chi connectivity index (χ1n) is 8.50. The molecule has 0 spiro atoms. The van der Waals surface area contributed by atoms with Gasteiger partial charge in [-0.1, -0.05) is 12.1 Å². The highest BCUT2D eigenvalue weighted by molar-refractivity contribution is 5.79. The zero-order valence-electron chi connectivity index (χ0n) is 14.7. The van der Waals surface area contributed by atoms with Crippen molar-refractivity contribution in [3.8, 4) is 5.75 Å². The van der Waals surface area contributed by atoms with Gasteiger partial charge in [0.2, 0.25) is 5.91 Å². The van der Waals surface area contributed by atoms with E-state index < -0.39 is 0 Å². The Bertz CT molecular complexity index is 706. The minimum atomic E-state index is 0.198. The van der Waals surface area contributed by atoms with Crippen molar-refractivity contribution in [3.05, 3.63) is 47.3 Å². The van der Waals surface area contributed by atoms with E-state index in [4.69, 9.17) is 4.74 Å². The molecule has 0 bridgehead atoms. The first-order chi connectivity index (χ1) is 11.6. The molecule has 24 heavy (non-hydrogen) atoms. The molecular weight excluding hydrogens is 302 g/mol. The molecule has 5 heteroatoms. The van der Waals surface area contributed by atoms with Crippen molar-refractivity contribution in [2.24, 2.45) is 0 Å². The minimum Gasteiger partial charge on any atom is -0.497 e. The van der Waals surface area contributed by atoms with Gasteiger partial charge < -0.3 is 9.64 Å². The summed E-state index contributed by atoms with van der Waals surface area (Å²) < 4.78 is 7.19. The summed E-state index contributed by atoms with van der Waals surface area (Å²) in [5, 5.41) is 4.54. The Labute approximate surface area is 143 Å². The SMILES string of the molecule is COc1ccc(CC(=O)N2CCCC2Cn2nc(C)cc2C)cc1. The van der Waals surface area contributed by atoms with Crippen molar-refractivity contribution in [3.63, 3.8) is 0 Å². The molecule has 0 saturated carbocycles. The van der Waals surface area contributed by atoms with Crippen LogP contribution < -0.4 is 4.74 Å². The molecule has 1 aromatic heterocycles. The van der Waals surface area contributed by atoms with E-state index in [0.29, 0.717) is 6.42 Å². The fraction of sp³-hybridized carbons (Fsp3) is 0.474. The number of hydrogen-bond acceptors (Lipinski definition) is 3. The maximum Gasteiger partial charge on any atom is 0.227 e. The standard InChI is InChI=1S/C19H25N3O2/c1-14-11-15(2)22(20-14)13-17-5-4-10-21(17)19(23)12-16-6-8-18(24-3)9-7-16/h6-9,11,17H,4-5,10,12-13H2,1-3H3. The van der Waals surface area contributed by atoms with E-state index in [-0.39, 0.29) is 11.9 Å². The van der Waals surface area contributed by atoms with Gasteiger partial charge in [-0.15, -0.1) is 0 Å². The zero-order valence-corrected chi connectivity index (χ0v) is 14.7. The molecule has 5 nitrogen and oxygen atoms in total. The Balaban J connectivity index is 1.65. The number of carbonyl (C=O) groups is 1. The van der Waals surface area contributed by atoms with Crippen molar-refractivity contribution in [2.75, 3.05) is 13.7 Å². The summed E-state index contributed by atoms with van der Waals surface area (Å²) >= 11 is 0. The van der Waals surface area contributed by atoms with E-state index in [9.17, 15) is 4.79 Å². The number of nitrogens with zero attached hydrogens (tertiary/aromatic N) is 3. The highest BCUT2D eigenvalue weighted by atomic mass is 16.5. The van der Waals surface area contributed by atoms with Gasteiger partial charge in [0.05, 0.1) is 31.8 Å². The van der Waals surface area contributed by atoms with Crippen LogP contribution >= 0.6 is 0 Å². The molecule has 2 aromatic rings. The van der Waals surface area contributed by atoms with Crippen molar-refractivity contribution in [1.29, 1.82) is 0 Å². The van der Waals surface area contributed by atoms with Crippen molar-refractivity contribution >= 4 is 5.91 Å². The lowest BCUT2D eigenvalue weighted by Crippen LogP contribution is -2.39. The van der Waals surface area contributed by atoms with Gasteiger partial charge in [0.15, 0.2) is 0 Å². The summed E-state index contributed by atoms with van der Waals surface area (Å²) in [7, 11) is 1.65. The monoisotopic (exact) mass is 327 g/mol. The molecule has 3 rings (SSSR count). The normalized spacial score (nSPS) is 17.3. The molecule has 1 amide bonds. The molecule has 0 radical (unpaired) electrons. The van der Waals surface area contributed by atoms with Crippen LogP contribution in [0, 0.1) is 13.8 Å². The Morgan fingerprint density at radius 2 is 2.04 bits per heavy atom. The average Bonchev–Trinajstić information content (AvgIpc) is 3.15. The molecule has 1 saturated heterocycles. The molecule has 2 heterocycles. The van der Waals surface area contributed by atoms with E-state index in [1.807, 2.05) is 40.8 Å². The minimum absolute atomic E-state index is 0.198. The van der Waals surface area contributed by atoms with E-state index in [1.54, 1.807) is 7.11 Å². The van der Waals surface area contributed by atoms with E-state index in [1.165, 1.54) is 0 Å². The van der Waals surface area contributed by atoms with Gasteiger partial charge in [0, 0.05) is 12.2 Å². The predicted molar refractivity (Wildman–Crippen MR) is 93.1 cm³/mol. The van der Waals surface area contributed by atoms with Crippen LogP contribution in [0.15, 0.2) is 30.3 Å². The molecule has 1 aliphatic heterocycles. The first-order valence-corrected chi connectivity index (χ1v) is 8.50. The van der Waals surface area contributed by atoms with Gasteiger partial charge in [-0.25, -0.2) is 0 Å². The largest absolute Gasteiger partial charge is 0.497 e. The van der Waals surface area contributed by atoms with Gasteiger partial charge in [-0.2, -0.15) is 5.10 Å². The van der Waals surface area contributed by atoms with E-state index in [2.05, 4.69) is 18.1 Å². The fourth-order valence-corrected chi connectivity index (χ4v) is 3.43. The van der Waals surface area contributed by atoms with Gasteiger partial charge in [0.25, 0.3) is 0 Å². The third-order valence-electron chi connectivity index (χ3n) is 4.70. The highest BCUT2D eigenvalue weighted by Gasteiger charge is 2.29. The quantitative estimate of drug-likeness (QED) is 0.848. The molecule has 0 aliphatic carbocycles. The molecule has 0 N–H and O–H groups in total. The summed E-state index contributed by atoms with van der Waals surface area (Å²) in [6.45, 7) is 5.70. The van der Waals surface area contributed by atoms with Crippen molar-refractivity contribution in [1.82, 2.24) is 14.7 Å². The Morgan fingerprint density at radius 1 is 1.29 bits per heavy atom. The van der Waals surface area contributed by atoms with E-state index >= 15 is 0 Å². The fourth-order valence-electron chi connectivity index (χ4n) is 3.43. The number of ether oxygens (including phenoxy) is 1. The number of aromatic nitrogens is 2. The summed E-state index contributed by atoms with van der Waals surface area (Å²) in [5.74, 6) is 1.01. The van der Waals surface area contributed by atoms with Gasteiger partial charge in [-0.3, -0.25) is 9.48 Å². The van der Waals surface area contributed by atoms with E-state index in [0.717, 1.165) is 48.6 Å². The number of hydrogen-bond donors (Lipinski definition) is 0. The molecule has 1 aromatic carbocycles. The van der Waals surface area contributed by atoms with Gasteiger partial charge >= 0.3 is 0 Å². The van der Waals surface area contributed by atoms with Gasteiger partial charge in [0.1, 0.15) is 5.75 Å². The average molecular weight is 327 g/mol. The number of methoxy groups -OCH3 is 1. The second kappa shape index (κ2) is 7.07. The van der Waals surface area contributed by atoms with Crippen LogP contribution in [0.2, 0.25) is 0 Å². The van der Waals surface area contributed by atoms with Crippen LogP contribution in [0.4, 0.5) is 0 Å². The zero-order chi connectivity index (χ0) is 17.1.